The lowest BCUT2D eigenvalue weighted by Crippen LogP contribution is -2.13. The van der Waals surface area contributed by atoms with E-state index in [4.69, 9.17) is 5.73 Å². The molecule has 2 rings (SSSR count). The molecule has 1 aromatic carbocycles. The van der Waals surface area contributed by atoms with Crippen molar-refractivity contribution in [1.82, 2.24) is 9.97 Å². The zero-order chi connectivity index (χ0) is 12.1. The Morgan fingerprint density at radius 3 is 2.88 bits per heavy atom. The van der Waals surface area contributed by atoms with E-state index >= 15 is 0 Å². The summed E-state index contributed by atoms with van der Waals surface area (Å²) in [7, 11) is 0. The van der Waals surface area contributed by atoms with Gasteiger partial charge in [-0.05, 0) is 5.56 Å². The maximum atomic E-state index is 11.0. The van der Waals surface area contributed by atoms with Crippen LogP contribution in [0.2, 0.25) is 0 Å². The topological polar surface area (TPSA) is 96.2 Å². The second-order valence-electron chi connectivity index (χ2n) is 3.27. The van der Waals surface area contributed by atoms with Crippen LogP contribution in [0, 0.1) is 0 Å². The number of aromatic amines is 1. The molecule has 0 aliphatic rings. The van der Waals surface area contributed by atoms with Gasteiger partial charge in [-0.3, -0.25) is 10.2 Å². The maximum absolute atomic E-state index is 11.0. The van der Waals surface area contributed by atoms with Crippen LogP contribution < -0.4 is 11.2 Å². The first-order chi connectivity index (χ1) is 8.27. The second-order valence-corrected chi connectivity index (χ2v) is 3.27. The van der Waals surface area contributed by atoms with E-state index in [1.165, 1.54) is 6.33 Å². The highest BCUT2D eigenvalue weighted by Gasteiger charge is 2.09. The summed E-state index contributed by atoms with van der Waals surface area (Å²) in [4.78, 5) is 17.5. The van der Waals surface area contributed by atoms with Gasteiger partial charge in [-0.2, -0.15) is 5.10 Å². The maximum Gasteiger partial charge on any atom is 0.269 e. The Balaban J connectivity index is 2.05. The van der Waals surface area contributed by atoms with Gasteiger partial charge in [0.2, 0.25) is 0 Å². The molecule has 1 amide bonds. The van der Waals surface area contributed by atoms with Crippen molar-refractivity contribution in [2.75, 3.05) is 5.43 Å². The monoisotopic (exact) mass is 229 g/mol. The molecule has 0 bridgehead atoms. The summed E-state index contributed by atoms with van der Waals surface area (Å²) < 4.78 is 0. The number of benzene rings is 1. The molecule has 6 heteroatoms. The number of carbonyl (C=O) groups excluding carboxylic acids is 1. The number of hydrogen-bond donors (Lipinski definition) is 3. The Bertz CT molecular complexity index is 532. The van der Waals surface area contributed by atoms with Gasteiger partial charge in [0, 0.05) is 0 Å². The number of rotatable bonds is 4. The fourth-order valence-electron chi connectivity index (χ4n) is 1.27. The molecule has 17 heavy (non-hydrogen) atoms. The van der Waals surface area contributed by atoms with Crippen molar-refractivity contribution in [3.8, 4) is 0 Å². The fraction of sp³-hybridized carbons (Fsp3) is 0. The molecule has 0 saturated carbocycles. The average molecular weight is 229 g/mol. The van der Waals surface area contributed by atoms with E-state index in [1.54, 1.807) is 6.21 Å². The number of aromatic nitrogens is 2. The number of imidazole rings is 1. The van der Waals surface area contributed by atoms with Crippen molar-refractivity contribution in [2.24, 2.45) is 10.8 Å². The lowest BCUT2D eigenvalue weighted by molar-refractivity contribution is 0.0997. The molecule has 0 unspecified atom stereocenters. The van der Waals surface area contributed by atoms with Gasteiger partial charge in [0.25, 0.3) is 5.91 Å². The molecule has 1 heterocycles. The van der Waals surface area contributed by atoms with E-state index in [-0.39, 0.29) is 5.69 Å². The minimum atomic E-state index is -0.583. The number of carbonyl (C=O) groups is 1. The van der Waals surface area contributed by atoms with E-state index in [2.05, 4.69) is 20.5 Å². The summed E-state index contributed by atoms with van der Waals surface area (Å²) in [6.07, 6.45) is 3.00. The highest BCUT2D eigenvalue weighted by atomic mass is 16.1. The lowest BCUT2D eigenvalue weighted by Gasteiger charge is -1.97. The smallest absolute Gasteiger partial charge is 0.269 e. The van der Waals surface area contributed by atoms with E-state index in [0.717, 1.165) is 5.56 Å². The Morgan fingerprint density at radius 1 is 1.41 bits per heavy atom. The van der Waals surface area contributed by atoms with Crippen molar-refractivity contribution >= 4 is 17.9 Å². The molecule has 0 aliphatic heterocycles. The summed E-state index contributed by atoms with van der Waals surface area (Å²) in [6.45, 7) is 0. The van der Waals surface area contributed by atoms with Crippen molar-refractivity contribution in [3.63, 3.8) is 0 Å². The molecule has 0 fully saturated rings. The third kappa shape index (κ3) is 2.69. The summed E-state index contributed by atoms with van der Waals surface area (Å²) in [5.41, 5.74) is 8.93. The molecule has 0 saturated heterocycles. The van der Waals surface area contributed by atoms with Crippen LogP contribution in [0.25, 0.3) is 0 Å². The standard InChI is InChI=1S/C11H11N5O/c12-10(17)9-11(14-7-13-9)16-15-6-8-4-2-1-3-5-8/h1-7,16H,(H2,12,17)(H,13,14)/b15-6+. The molecule has 1 aromatic heterocycles. The molecule has 2 aromatic rings. The van der Waals surface area contributed by atoms with Crippen LogP contribution in [0.1, 0.15) is 16.1 Å². The Morgan fingerprint density at radius 2 is 2.18 bits per heavy atom. The molecular weight excluding hydrogens is 218 g/mol. The molecule has 4 N–H and O–H groups in total. The summed E-state index contributed by atoms with van der Waals surface area (Å²) in [5, 5.41) is 3.96. The number of amides is 1. The molecule has 86 valence electrons. The summed E-state index contributed by atoms with van der Waals surface area (Å²) in [6, 6.07) is 9.55. The number of nitrogens with one attached hydrogen (secondary N) is 2. The molecule has 0 aliphatic carbocycles. The quantitative estimate of drug-likeness (QED) is 0.538. The number of nitrogens with zero attached hydrogens (tertiary/aromatic N) is 2. The largest absolute Gasteiger partial charge is 0.364 e. The summed E-state index contributed by atoms with van der Waals surface area (Å²) >= 11 is 0. The third-order valence-electron chi connectivity index (χ3n) is 2.07. The predicted molar refractivity (Wildman–Crippen MR) is 64.8 cm³/mol. The molecule has 0 atom stereocenters. The van der Waals surface area contributed by atoms with Crippen molar-refractivity contribution < 1.29 is 4.79 Å². The van der Waals surface area contributed by atoms with Gasteiger partial charge in [-0.15, -0.1) is 0 Å². The zero-order valence-corrected chi connectivity index (χ0v) is 8.92. The lowest BCUT2D eigenvalue weighted by atomic mass is 10.2. The third-order valence-corrected chi connectivity index (χ3v) is 2.07. The van der Waals surface area contributed by atoms with Gasteiger partial charge in [-0.1, -0.05) is 30.3 Å². The van der Waals surface area contributed by atoms with Crippen LogP contribution in [0.3, 0.4) is 0 Å². The Labute approximate surface area is 97.6 Å². The number of H-pyrrole nitrogens is 1. The van der Waals surface area contributed by atoms with Gasteiger partial charge in [0.05, 0.1) is 12.5 Å². The molecule has 0 spiro atoms. The van der Waals surface area contributed by atoms with Crippen molar-refractivity contribution in [3.05, 3.63) is 47.9 Å². The van der Waals surface area contributed by atoms with E-state index < -0.39 is 5.91 Å². The minimum absolute atomic E-state index is 0.204. The predicted octanol–water partition coefficient (Wildman–Crippen LogP) is 0.955. The minimum Gasteiger partial charge on any atom is -0.364 e. The van der Waals surface area contributed by atoms with Crippen LogP contribution in [-0.4, -0.2) is 22.1 Å². The van der Waals surface area contributed by atoms with Gasteiger partial charge < -0.3 is 10.7 Å². The number of hydrogen-bond acceptors (Lipinski definition) is 4. The van der Waals surface area contributed by atoms with E-state index in [1.807, 2.05) is 30.3 Å². The van der Waals surface area contributed by atoms with Crippen LogP contribution in [0.15, 0.2) is 41.8 Å². The van der Waals surface area contributed by atoms with E-state index in [0.29, 0.717) is 5.82 Å². The second kappa shape index (κ2) is 4.93. The molecule has 0 radical (unpaired) electrons. The van der Waals surface area contributed by atoms with Crippen LogP contribution >= 0.6 is 0 Å². The Kier molecular flexibility index (Phi) is 3.15. The molecule has 6 nitrogen and oxygen atoms in total. The number of primary amides is 1. The molecular formula is C11H11N5O. The van der Waals surface area contributed by atoms with Crippen molar-refractivity contribution in [2.45, 2.75) is 0 Å². The van der Waals surface area contributed by atoms with Crippen molar-refractivity contribution in [1.29, 1.82) is 0 Å². The normalized spacial score (nSPS) is 10.6. The first-order valence-electron chi connectivity index (χ1n) is 4.94. The highest BCUT2D eigenvalue weighted by molar-refractivity contribution is 5.95. The average Bonchev–Trinajstić information content (AvgIpc) is 2.79. The van der Waals surface area contributed by atoms with E-state index in [9.17, 15) is 4.79 Å². The highest BCUT2D eigenvalue weighted by Crippen LogP contribution is 2.07. The summed E-state index contributed by atoms with van der Waals surface area (Å²) in [5.74, 6) is -0.274. The first-order valence-corrected chi connectivity index (χ1v) is 4.94. The zero-order valence-electron chi connectivity index (χ0n) is 8.92. The van der Waals surface area contributed by atoms with Gasteiger partial charge >= 0.3 is 0 Å². The van der Waals surface area contributed by atoms with Gasteiger partial charge in [0.1, 0.15) is 5.69 Å². The van der Waals surface area contributed by atoms with Gasteiger partial charge in [0.15, 0.2) is 5.82 Å². The van der Waals surface area contributed by atoms with Crippen LogP contribution in [0.5, 0.6) is 0 Å². The SMILES string of the molecule is NC(=O)c1[nH]cnc1N/N=C/c1ccccc1. The number of nitrogens with two attached hydrogens (primary N) is 1. The number of anilines is 1. The Hall–Kier alpha value is -2.63. The van der Waals surface area contributed by atoms with Crippen LogP contribution in [0.4, 0.5) is 5.82 Å². The van der Waals surface area contributed by atoms with Gasteiger partial charge in [-0.25, -0.2) is 4.98 Å². The number of hydrazone groups is 1. The van der Waals surface area contributed by atoms with Crippen LogP contribution in [-0.2, 0) is 0 Å². The first kappa shape index (κ1) is 10.9. The fourth-order valence-corrected chi connectivity index (χ4v) is 1.27.